The second kappa shape index (κ2) is 6.46. The quantitative estimate of drug-likeness (QED) is 0.767. The molecule has 0 amide bonds. The largest absolute Gasteiger partial charge is 0.383 e. The molecule has 0 bridgehead atoms. The van der Waals surface area contributed by atoms with Gasteiger partial charge in [-0.05, 0) is 39.3 Å². The van der Waals surface area contributed by atoms with Gasteiger partial charge in [-0.3, -0.25) is 4.90 Å². The monoisotopic (exact) mass is 214 g/mol. The minimum absolute atomic E-state index is 0.544. The van der Waals surface area contributed by atoms with Gasteiger partial charge >= 0.3 is 0 Å². The average Bonchev–Trinajstić information content (AvgIpc) is 2.19. The molecular weight excluding hydrogens is 188 g/mol. The Kier molecular flexibility index (Phi) is 5.58. The lowest BCUT2D eigenvalue weighted by molar-refractivity contribution is 0.0810. The van der Waals surface area contributed by atoms with Crippen molar-refractivity contribution in [3.05, 3.63) is 0 Å². The van der Waals surface area contributed by atoms with E-state index in [4.69, 9.17) is 4.74 Å². The molecule has 0 saturated carbocycles. The topological polar surface area (TPSA) is 24.5 Å². The van der Waals surface area contributed by atoms with E-state index < -0.39 is 0 Å². The highest BCUT2D eigenvalue weighted by Gasteiger charge is 2.20. The predicted molar refractivity (Wildman–Crippen MR) is 64.2 cm³/mol. The molecule has 0 aromatic rings. The number of hydrogen-bond donors (Lipinski definition) is 1. The summed E-state index contributed by atoms with van der Waals surface area (Å²) in [5.41, 5.74) is 0. The lowest BCUT2D eigenvalue weighted by Crippen LogP contribution is -2.46. The number of nitrogens with zero attached hydrogens (tertiary/aromatic N) is 1. The molecule has 1 aliphatic heterocycles. The van der Waals surface area contributed by atoms with E-state index in [1.807, 2.05) is 0 Å². The summed E-state index contributed by atoms with van der Waals surface area (Å²) in [6, 6.07) is 1.19. The number of hydrogen-bond acceptors (Lipinski definition) is 3. The highest BCUT2D eigenvalue weighted by Crippen LogP contribution is 2.10. The van der Waals surface area contributed by atoms with Crippen LogP contribution in [0.1, 0.15) is 27.2 Å². The van der Waals surface area contributed by atoms with Gasteiger partial charge in [0, 0.05) is 25.7 Å². The zero-order chi connectivity index (χ0) is 11.3. The van der Waals surface area contributed by atoms with Gasteiger partial charge in [0.15, 0.2) is 0 Å². The van der Waals surface area contributed by atoms with Crippen molar-refractivity contribution in [1.82, 2.24) is 10.2 Å². The van der Waals surface area contributed by atoms with Crippen LogP contribution in [0.15, 0.2) is 0 Å². The van der Waals surface area contributed by atoms with E-state index in [1.54, 1.807) is 7.11 Å². The van der Waals surface area contributed by atoms with Crippen LogP contribution in [0.25, 0.3) is 0 Å². The van der Waals surface area contributed by atoms with Gasteiger partial charge in [-0.1, -0.05) is 6.92 Å². The van der Waals surface area contributed by atoms with E-state index >= 15 is 0 Å². The zero-order valence-electron chi connectivity index (χ0n) is 10.6. The molecule has 0 aromatic heterocycles. The van der Waals surface area contributed by atoms with Crippen molar-refractivity contribution in [2.24, 2.45) is 5.92 Å². The fraction of sp³-hybridized carbons (Fsp3) is 1.00. The highest BCUT2D eigenvalue weighted by molar-refractivity contribution is 4.76. The van der Waals surface area contributed by atoms with Crippen molar-refractivity contribution < 1.29 is 4.74 Å². The number of nitrogens with one attached hydrogen (secondary N) is 1. The van der Waals surface area contributed by atoms with Gasteiger partial charge in [-0.15, -0.1) is 0 Å². The SMILES string of the molecule is COCC(C)N1CCC(C)NCC(C)C1. The second-order valence-electron chi connectivity index (χ2n) is 5.00. The molecule has 90 valence electrons. The summed E-state index contributed by atoms with van der Waals surface area (Å²) >= 11 is 0. The standard InChI is InChI=1S/C12H26N2O/c1-10-7-13-11(2)5-6-14(8-10)12(3)9-15-4/h10-13H,5-9H2,1-4H3. The van der Waals surface area contributed by atoms with Crippen molar-refractivity contribution in [3.8, 4) is 0 Å². The van der Waals surface area contributed by atoms with Gasteiger partial charge in [0.05, 0.1) is 6.61 Å². The van der Waals surface area contributed by atoms with Crippen molar-refractivity contribution in [3.63, 3.8) is 0 Å². The lowest BCUT2D eigenvalue weighted by atomic mass is 10.1. The maximum absolute atomic E-state index is 5.23. The molecular formula is C12H26N2O. The Balaban J connectivity index is 2.46. The van der Waals surface area contributed by atoms with Gasteiger partial charge in [0.1, 0.15) is 0 Å². The van der Waals surface area contributed by atoms with Crippen molar-refractivity contribution in [2.45, 2.75) is 39.3 Å². The van der Waals surface area contributed by atoms with Gasteiger partial charge in [0.25, 0.3) is 0 Å². The van der Waals surface area contributed by atoms with Gasteiger partial charge in [-0.2, -0.15) is 0 Å². The Morgan fingerprint density at radius 3 is 2.87 bits per heavy atom. The second-order valence-corrected chi connectivity index (χ2v) is 5.00. The Hall–Kier alpha value is -0.120. The van der Waals surface area contributed by atoms with Gasteiger partial charge in [0.2, 0.25) is 0 Å². The lowest BCUT2D eigenvalue weighted by Gasteiger charge is -2.34. The Labute approximate surface area is 94.2 Å². The summed E-state index contributed by atoms with van der Waals surface area (Å²) in [5.74, 6) is 0.729. The third-order valence-electron chi connectivity index (χ3n) is 3.24. The molecule has 3 heteroatoms. The third kappa shape index (κ3) is 4.49. The summed E-state index contributed by atoms with van der Waals surface area (Å²) in [7, 11) is 1.79. The molecule has 0 aromatic carbocycles. The van der Waals surface area contributed by atoms with E-state index in [9.17, 15) is 0 Å². The molecule has 0 aliphatic carbocycles. The molecule has 0 radical (unpaired) electrons. The van der Waals surface area contributed by atoms with Crippen LogP contribution in [0.5, 0.6) is 0 Å². The van der Waals surface area contributed by atoms with Crippen LogP contribution in [-0.2, 0) is 4.74 Å². The summed E-state index contributed by atoms with van der Waals surface area (Å²) in [5, 5.41) is 3.57. The normalized spacial score (nSPS) is 32.0. The van der Waals surface area contributed by atoms with E-state index in [1.165, 1.54) is 19.5 Å². The van der Waals surface area contributed by atoms with Crippen molar-refractivity contribution in [2.75, 3.05) is 33.4 Å². The smallest absolute Gasteiger partial charge is 0.0615 e. The molecule has 0 spiro atoms. The van der Waals surface area contributed by atoms with Crippen LogP contribution in [0.2, 0.25) is 0 Å². The van der Waals surface area contributed by atoms with Gasteiger partial charge in [-0.25, -0.2) is 0 Å². The number of rotatable bonds is 3. The molecule has 15 heavy (non-hydrogen) atoms. The first-order chi connectivity index (χ1) is 7.13. The molecule has 3 nitrogen and oxygen atoms in total. The molecule has 1 saturated heterocycles. The van der Waals surface area contributed by atoms with Crippen LogP contribution in [0.4, 0.5) is 0 Å². The maximum Gasteiger partial charge on any atom is 0.0615 e. The molecule has 3 atom stereocenters. The highest BCUT2D eigenvalue weighted by atomic mass is 16.5. The van der Waals surface area contributed by atoms with E-state index in [0.717, 1.165) is 19.1 Å². The van der Waals surface area contributed by atoms with E-state index in [2.05, 4.69) is 31.0 Å². The Morgan fingerprint density at radius 1 is 1.47 bits per heavy atom. The van der Waals surface area contributed by atoms with Crippen molar-refractivity contribution in [1.29, 1.82) is 0 Å². The van der Waals surface area contributed by atoms with E-state index in [0.29, 0.717) is 12.1 Å². The minimum Gasteiger partial charge on any atom is -0.383 e. The third-order valence-corrected chi connectivity index (χ3v) is 3.24. The predicted octanol–water partition coefficient (Wildman–Crippen LogP) is 1.34. The molecule has 1 fully saturated rings. The first-order valence-electron chi connectivity index (χ1n) is 6.09. The molecule has 1 heterocycles. The van der Waals surface area contributed by atoms with Crippen LogP contribution in [0, 0.1) is 5.92 Å². The fourth-order valence-electron chi connectivity index (χ4n) is 2.17. The Bertz CT molecular complexity index is 175. The first kappa shape index (κ1) is 12.9. The summed E-state index contributed by atoms with van der Waals surface area (Å²) in [4.78, 5) is 2.56. The number of ether oxygens (including phenoxy) is 1. The molecule has 1 N–H and O–H groups in total. The maximum atomic E-state index is 5.23. The zero-order valence-corrected chi connectivity index (χ0v) is 10.6. The van der Waals surface area contributed by atoms with E-state index in [-0.39, 0.29) is 0 Å². The van der Waals surface area contributed by atoms with Crippen LogP contribution in [-0.4, -0.2) is 50.3 Å². The summed E-state index contributed by atoms with van der Waals surface area (Å²) in [6.07, 6.45) is 1.24. The van der Waals surface area contributed by atoms with Crippen molar-refractivity contribution >= 4 is 0 Å². The molecule has 3 unspecified atom stereocenters. The molecule has 1 rings (SSSR count). The average molecular weight is 214 g/mol. The van der Waals surface area contributed by atoms with Crippen LogP contribution in [0.3, 0.4) is 0 Å². The summed E-state index contributed by atoms with van der Waals surface area (Å²) < 4.78 is 5.23. The van der Waals surface area contributed by atoms with Crippen LogP contribution >= 0.6 is 0 Å². The minimum atomic E-state index is 0.544. The van der Waals surface area contributed by atoms with Gasteiger partial charge < -0.3 is 10.1 Å². The molecule has 1 aliphatic rings. The van der Waals surface area contributed by atoms with Crippen LogP contribution < -0.4 is 5.32 Å². The summed E-state index contributed by atoms with van der Waals surface area (Å²) in [6.45, 7) is 11.2. The number of methoxy groups -OCH3 is 1. The fourth-order valence-corrected chi connectivity index (χ4v) is 2.17. The first-order valence-corrected chi connectivity index (χ1v) is 6.09. The Morgan fingerprint density at radius 2 is 2.20 bits per heavy atom.